The lowest BCUT2D eigenvalue weighted by atomic mass is 9.98. The number of rotatable bonds is 1. The Morgan fingerprint density at radius 2 is 2.29 bits per heavy atom. The molecule has 76 valence electrons. The van der Waals surface area contributed by atoms with Gasteiger partial charge in [-0.25, -0.2) is 0 Å². The minimum absolute atomic E-state index is 0.0512. The van der Waals surface area contributed by atoms with E-state index in [-0.39, 0.29) is 12.7 Å². The topological polar surface area (TPSA) is 49.7 Å². The third-order valence-electron chi connectivity index (χ3n) is 2.51. The van der Waals surface area contributed by atoms with E-state index in [1.807, 2.05) is 25.1 Å². The average molecular weight is 194 g/mol. The second-order valence-corrected chi connectivity index (χ2v) is 3.72. The highest BCUT2D eigenvalue weighted by atomic mass is 16.5. The van der Waals surface area contributed by atoms with Gasteiger partial charge in [0.25, 0.3) is 0 Å². The molecule has 3 nitrogen and oxygen atoms in total. The summed E-state index contributed by atoms with van der Waals surface area (Å²) < 4.78 is 5.50. The molecule has 1 aliphatic rings. The molecule has 2 N–H and O–H groups in total. The first-order valence-electron chi connectivity index (χ1n) is 4.77. The number of ether oxygens (including phenoxy) is 1. The molecular formula is C11H14O3. The number of fused-ring (bicyclic) bond motifs is 1. The lowest BCUT2D eigenvalue weighted by molar-refractivity contribution is 0.0332. The Hall–Kier alpha value is -1.06. The van der Waals surface area contributed by atoms with Gasteiger partial charge in [-0.05, 0) is 19.1 Å². The zero-order chi connectivity index (χ0) is 10.1. The summed E-state index contributed by atoms with van der Waals surface area (Å²) in [6.07, 6.45) is -0.330. The first-order chi connectivity index (χ1) is 6.70. The first-order valence-corrected chi connectivity index (χ1v) is 4.77. The zero-order valence-corrected chi connectivity index (χ0v) is 8.10. The summed E-state index contributed by atoms with van der Waals surface area (Å²) in [6.45, 7) is 1.93. The van der Waals surface area contributed by atoms with Crippen molar-refractivity contribution in [1.29, 1.82) is 0 Å². The van der Waals surface area contributed by atoms with Crippen LogP contribution in [0, 0.1) is 6.92 Å². The van der Waals surface area contributed by atoms with Gasteiger partial charge in [0.1, 0.15) is 11.9 Å². The summed E-state index contributed by atoms with van der Waals surface area (Å²) in [5.41, 5.74) is 1.93. The predicted octanol–water partition coefficient (Wildman–Crippen LogP) is 1.17. The van der Waals surface area contributed by atoms with Gasteiger partial charge >= 0.3 is 0 Å². The number of aryl methyl sites for hydroxylation is 1. The molecular weight excluding hydrogens is 180 g/mol. The van der Waals surface area contributed by atoms with Gasteiger partial charge < -0.3 is 14.9 Å². The zero-order valence-electron chi connectivity index (χ0n) is 8.10. The van der Waals surface area contributed by atoms with Crippen molar-refractivity contribution in [2.75, 3.05) is 6.61 Å². The van der Waals surface area contributed by atoms with Crippen LogP contribution in [0.25, 0.3) is 0 Å². The van der Waals surface area contributed by atoms with Crippen LogP contribution in [0.3, 0.4) is 0 Å². The monoisotopic (exact) mass is 194 g/mol. The molecule has 2 rings (SSSR count). The summed E-state index contributed by atoms with van der Waals surface area (Å²) in [5.74, 6) is 0.688. The molecule has 0 fully saturated rings. The third kappa shape index (κ3) is 1.61. The van der Waals surface area contributed by atoms with Crippen molar-refractivity contribution < 1.29 is 14.9 Å². The minimum Gasteiger partial charge on any atom is -0.488 e. The van der Waals surface area contributed by atoms with Crippen molar-refractivity contribution in [2.45, 2.75) is 25.6 Å². The SMILES string of the molecule is Cc1ccc2c(c1)C(O)CC(CO)O2. The van der Waals surface area contributed by atoms with Crippen LogP contribution in [0.4, 0.5) is 0 Å². The standard InChI is InChI=1S/C11H14O3/c1-7-2-3-11-9(4-7)10(13)5-8(6-12)14-11/h2-4,8,10,12-13H,5-6H2,1H3. The Bertz CT molecular complexity index is 335. The largest absolute Gasteiger partial charge is 0.488 e. The van der Waals surface area contributed by atoms with Crippen LogP contribution in [-0.2, 0) is 0 Å². The molecule has 2 atom stereocenters. The molecule has 0 spiro atoms. The quantitative estimate of drug-likeness (QED) is 0.705. The van der Waals surface area contributed by atoms with Crippen molar-refractivity contribution in [3.8, 4) is 5.75 Å². The van der Waals surface area contributed by atoms with Crippen LogP contribution >= 0.6 is 0 Å². The van der Waals surface area contributed by atoms with Gasteiger partial charge in [-0.3, -0.25) is 0 Å². The number of aliphatic hydroxyl groups excluding tert-OH is 2. The molecule has 3 heteroatoms. The molecule has 0 radical (unpaired) electrons. The van der Waals surface area contributed by atoms with E-state index in [0.29, 0.717) is 12.2 Å². The van der Waals surface area contributed by atoms with Gasteiger partial charge in [0.2, 0.25) is 0 Å². The predicted molar refractivity (Wildman–Crippen MR) is 52.3 cm³/mol. The van der Waals surface area contributed by atoms with E-state index < -0.39 is 6.10 Å². The number of aliphatic hydroxyl groups is 2. The molecule has 2 unspecified atom stereocenters. The second-order valence-electron chi connectivity index (χ2n) is 3.72. The maximum absolute atomic E-state index is 9.80. The van der Waals surface area contributed by atoms with Gasteiger partial charge in [0.15, 0.2) is 0 Å². The molecule has 1 aromatic rings. The van der Waals surface area contributed by atoms with Crippen LogP contribution in [0.5, 0.6) is 5.75 Å². The van der Waals surface area contributed by atoms with E-state index in [4.69, 9.17) is 9.84 Å². The minimum atomic E-state index is -0.518. The number of hydrogen-bond donors (Lipinski definition) is 2. The summed E-state index contributed by atoms with van der Waals surface area (Å²) in [5, 5.41) is 18.7. The molecule has 0 saturated carbocycles. The lowest BCUT2D eigenvalue weighted by Gasteiger charge is -2.28. The van der Waals surface area contributed by atoms with Crippen LogP contribution in [-0.4, -0.2) is 22.9 Å². The Labute approximate surface area is 83.0 Å². The van der Waals surface area contributed by atoms with Gasteiger partial charge in [-0.1, -0.05) is 11.6 Å². The summed E-state index contributed by atoms with van der Waals surface area (Å²) in [7, 11) is 0. The molecule has 0 saturated heterocycles. The first kappa shape index (κ1) is 9.49. The number of hydrogen-bond acceptors (Lipinski definition) is 3. The van der Waals surface area contributed by atoms with Crippen LogP contribution in [0.1, 0.15) is 23.7 Å². The van der Waals surface area contributed by atoms with E-state index in [1.165, 1.54) is 0 Å². The van der Waals surface area contributed by atoms with E-state index in [0.717, 1.165) is 11.1 Å². The fourth-order valence-electron chi connectivity index (χ4n) is 1.75. The second kappa shape index (κ2) is 3.59. The molecule has 0 amide bonds. The average Bonchev–Trinajstić information content (AvgIpc) is 2.19. The van der Waals surface area contributed by atoms with E-state index in [1.54, 1.807) is 0 Å². The van der Waals surface area contributed by atoms with Crippen LogP contribution < -0.4 is 4.74 Å². The molecule has 1 aliphatic heterocycles. The molecule has 0 aliphatic carbocycles. The molecule has 14 heavy (non-hydrogen) atoms. The molecule has 1 heterocycles. The van der Waals surface area contributed by atoms with Crippen molar-refractivity contribution in [3.63, 3.8) is 0 Å². The highest BCUT2D eigenvalue weighted by Crippen LogP contribution is 2.34. The third-order valence-corrected chi connectivity index (χ3v) is 2.51. The molecule has 1 aromatic carbocycles. The van der Waals surface area contributed by atoms with Gasteiger partial charge in [0, 0.05) is 12.0 Å². The summed E-state index contributed by atoms with van der Waals surface area (Å²) in [6, 6.07) is 5.70. The summed E-state index contributed by atoms with van der Waals surface area (Å²) in [4.78, 5) is 0. The van der Waals surface area contributed by atoms with E-state index >= 15 is 0 Å². The highest BCUT2D eigenvalue weighted by molar-refractivity contribution is 5.40. The fourth-order valence-corrected chi connectivity index (χ4v) is 1.75. The van der Waals surface area contributed by atoms with Crippen molar-refractivity contribution >= 4 is 0 Å². The van der Waals surface area contributed by atoms with Gasteiger partial charge in [0.05, 0.1) is 12.7 Å². The lowest BCUT2D eigenvalue weighted by Crippen LogP contribution is -2.28. The van der Waals surface area contributed by atoms with Crippen molar-refractivity contribution in [1.82, 2.24) is 0 Å². The maximum atomic E-state index is 9.80. The fraction of sp³-hybridized carbons (Fsp3) is 0.455. The normalized spacial score (nSPS) is 25.4. The van der Waals surface area contributed by atoms with E-state index in [2.05, 4.69) is 0 Å². The Morgan fingerprint density at radius 3 is 3.00 bits per heavy atom. The van der Waals surface area contributed by atoms with Crippen molar-refractivity contribution in [3.05, 3.63) is 29.3 Å². The Kier molecular flexibility index (Phi) is 2.44. The molecule has 0 aromatic heterocycles. The van der Waals surface area contributed by atoms with Crippen LogP contribution in [0.15, 0.2) is 18.2 Å². The van der Waals surface area contributed by atoms with Gasteiger partial charge in [-0.15, -0.1) is 0 Å². The van der Waals surface area contributed by atoms with Gasteiger partial charge in [-0.2, -0.15) is 0 Å². The summed E-state index contributed by atoms with van der Waals surface area (Å²) >= 11 is 0. The maximum Gasteiger partial charge on any atom is 0.125 e. The van der Waals surface area contributed by atoms with Crippen LogP contribution in [0.2, 0.25) is 0 Å². The Balaban J connectivity index is 2.35. The number of benzene rings is 1. The molecule has 0 bridgehead atoms. The highest BCUT2D eigenvalue weighted by Gasteiger charge is 2.26. The van der Waals surface area contributed by atoms with E-state index in [9.17, 15) is 5.11 Å². The van der Waals surface area contributed by atoms with Crippen molar-refractivity contribution in [2.24, 2.45) is 0 Å². The Morgan fingerprint density at radius 1 is 1.50 bits per heavy atom. The smallest absolute Gasteiger partial charge is 0.125 e.